The highest BCUT2D eigenvalue weighted by atomic mass is 16.6. The van der Waals surface area contributed by atoms with Crippen molar-refractivity contribution in [3.63, 3.8) is 0 Å². The van der Waals surface area contributed by atoms with Crippen LogP contribution in [0.4, 0.5) is 0 Å². The Bertz CT molecular complexity index is 712. The van der Waals surface area contributed by atoms with E-state index >= 15 is 0 Å². The number of carbonyl (C=O) groups is 2. The Balaban J connectivity index is 2.43. The Hall–Kier alpha value is -2.73. The van der Waals surface area contributed by atoms with Crippen LogP contribution in [-0.4, -0.2) is 29.5 Å². The highest BCUT2D eigenvalue weighted by Gasteiger charge is 2.20. The lowest BCUT2D eigenvalue weighted by atomic mass is 10.1. The summed E-state index contributed by atoms with van der Waals surface area (Å²) in [5.41, 5.74) is 1.53. The van der Waals surface area contributed by atoms with Crippen molar-refractivity contribution in [3.8, 4) is 11.6 Å². The average molecular weight is 301 g/mol. The largest absolute Gasteiger partial charge is 0.478 e. The minimum absolute atomic E-state index is 0.000281. The van der Waals surface area contributed by atoms with Crippen LogP contribution < -0.4 is 9.47 Å². The number of pyridine rings is 1. The standard InChI is InChI=1S/C16H15NO5/c1-10-4-3-5-11(6-10)16(20)22-14-13(9-19)12(8-18)7-17-15(14)21-2/h3-7,9,18H,8H2,1-2H3. The van der Waals surface area contributed by atoms with Gasteiger partial charge in [0.05, 0.1) is 24.8 Å². The van der Waals surface area contributed by atoms with Crippen LogP contribution in [0.2, 0.25) is 0 Å². The van der Waals surface area contributed by atoms with Crippen molar-refractivity contribution >= 4 is 12.3 Å². The summed E-state index contributed by atoms with van der Waals surface area (Å²) < 4.78 is 10.3. The van der Waals surface area contributed by atoms with Crippen LogP contribution in [0.5, 0.6) is 11.6 Å². The molecule has 1 heterocycles. The Morgan fingerprint density at radius 3 is 2.77 bits per heavy atom. The molecule has 0 aliphatic heterocycles. The molecule has 2 rings (SSSR count). The maximum absolute atomic E-state index is 12.2. The van der Waals surface area contributed by atoms with Gasteiger partial charge in [-0.25, -0.2) is 9.78 Å². The third-order valence-electron chi connectivity index (χ3n) is 3.05. The highest BCUT2D eigenvalue weighted by Crippen LogP contribution is 2.31. The number of ether oxygens (including phenoxy) is 2. The molecule has 2 aromatic rings. The number of aryl methyl sites for hydroxylation is 1. The van der Waals surface area contributed by atoms with Crippen LogP contribution in [0.1, 0.15) is 31.8 Å². The molecule has 0 aliphatic rings. The summed E-state index contributed by atoms with van der Waals surface area (Å²) in [5.74, 6) is -0.738. The zero-order chi connectivity index (χ0) is 16.1. The first kappa shape index (κ1) is 15.7. The van der Waals surface area contributed by atoms with Crippen molar-refractivity contribution in [2.75, 3.05) is 7.11 Å². The van der Waals surface area contributed by atoms with Gasteiger partial charge in [-0.15, -0.1) is 0 Å². The van der Waals surface area contributed by atoms with Crippen molar-refractivity contribution in [1.29, 1.82) is 0 Å². The van der Waals surface area contributed by atoms with E-state index in [1.54, 1.807) is 18.2 Å². The van der Waals surface area contributed by atoms with Crippen molar-refractivity contribution in [2.24, 2.45) is 0 Å². The van der Waals surface area contributed by atoms with Gasteiger partial charge in [-0.2, -0.15) is 0 Å². The molecular weight excluding hydrogens is 286 g/mol. The maximum atomic E-state index is 12.2. The summed E-state index contributed by atoms with van der Waals surface area (Å²) in [7, 11) is 1.35. The predicted molar refractivity (Wildman–Crippen MR) is 78.2 cm³/mol. The smallest absolute Gasteiger partial charge is 0.343 e. The van der Waals surface area contributed by atoms with E-state index in [-0.39, 0.29) is 22.8 Å². The summed E-state index contributed by atoms with van der Waals surface area (Å²) in [6, 6.07) is 6.85. The van der Waals surface area contributed by atoms with Gasteiger partial charge >= 0.3 is 5.97 Å². The number of rotatable bonds is 5. The number of aldehydes is 1. The minimum atomic E-state index is -0.637. The zero-order valence-corrected chi connectivity index (χ0v) is 12.2. The normalized spacial score (nSPS) is 10.1. The molecule has 0 fully saturated rings. The van der Waals surface area contributed by atoms with Crippen molar-refractivity contribution in [3.05, 3.63) is 52.7 Å². The van der Waals surface area contributed by atoms with E-state index in [9.17, 15) is 14.7 Å². The average Bonchev–Trinajstić information content (AvgIpc) is 2.54. The Morgan fingerprint density at radius 2 is 2.18 bits per heavy atom. The SMILES string of the molecule is COc1ncc(CO)c(C=O)c1OC(=O)c1cccc(C)c1. The molecule has 22 heavy (non-hydrogen) atoms. The molecule has 1 aromatic heterocycles. The van der Waals surface area contributed by atoms with Crippen molar-refractivity contribution in [2.45, 2.75) is 13.5 Å². The first-order valence-corrected chi connectivity index (χ1v) is 6.51. The number of aliphatic hydroxyl groups excluding tert-OH is 1. The summed E-state index contributed by atoms with van der Waals surface area (Å²) in [6.07, 6.45) is 1.79. The Labute approximate surface area is 127 Å². The molecule has 6 nitrogen and oxygen atoms in total. The predicted octanol–water partition coefficient (Wildman–Crippen LogP) is 1.92. The van der Waals surface area contributed by atoms with Gasteiger partial charge in [0.25, 0.3) is 5.88 Å². The number of hydrogen-bond donors (Lipinski definition) is 1. The van der Waals surface area contributed by atoms with E-state index in [1.165, 1.54) is 13.3 Å². The van der Waals surface area contributed by atoms with Crippen LogP contribution in [0.15, 0.2) is 30.5 Å². The molecule has 0 unspecified atom stereocenters. The van der Waals surface area contributed by atoms with Crippen LogP contribution >= 0.6 is 0 Å². The quantitative estimate of drug-likeness (QED) is 0.671. The van der Waals surface area contributed by atoms with E-state index in [0.29, 0.717) is 11.8 Å². The van der Waals surface area contributed by atoms with E-state index in [2.05, 4.69) is 4.98 Å². The highest BCUT2D eigenvalue weighted by molar-refractivity contribution is 5.93. The first-order chi connectivity index (χ1) is 10.6. The topological polar surface area (TPSA) is 85.7 Å². The fourth-order valence-electron chi connectivity index (χ4n) is 1.95. The number of nitrogens with zero attached hydrogens (tertiary/aromatic N) is 1. The molecule has 0 aliphatic carbocycles. The van der Waals surface area contributed by atoms with Gasteiger partial charge in [0.2, 0.25) is 5.75 Å². The second kappa shape index (κ2) is 6.82. The van der Waals surface area contributed by atoms with Gasteiger partial charge in [-0.1, -0.05) is 17.7 Å². The third kappa shape index (κ3) is 3.12. The fraction of sp³-hybridized carbons (Fsp3) is 0.188. The number of aromatic nitrogens is 1. The fourth-order valence-corrected chi connectivity index (χ4v) is 1.95. The second-order valence-corrected chi connectivity index (χ2v) is 4.57. The van der Waals surface area contributed by atoms with Gasteiger partial charge in [0.1, 0.15) is 0 Å². The number of benzene rings is 1. The molecule has 0 radical (unpaired) electrons. The lowest BCUT2D eigenvalue weighted by Gasteiger charge is -2.12. The summed E-state index contributed by atoms with van der Waals surface area (Å²) in [5, 5.41) is 9.24. The third-order valence-corrected chi connectivity index (χ3v) is 3.05. The number of methoxy groups -OCH3 is 1. The van der Waals surface area contributed by atoms with Crippen molar-refractivity contribution < 1.29 is 24.2 Å². The Morgan fingerprint density at radius 1 is 1.41 bits per heavy atom. The summed E-state index contributed by atoms with van der Waals surface area (Å²) in [4.78, 5) is 27.4. The van der Waals surface area contributed by atoms with Gasteiger partial charge < -0.3 is 14.6 Å². The number of esters is 1. The maximum Gasteiger partial charge on any atom is 0.343 e. The lowest BCUT2D eigenvalue weighted by molar-refractivity contribution is 0.0726. The number of hydrogen-bond acceptors (Lipinski definition) is 6. The summed E-state index contributed by atoms with van der Waals surface area (Å²) in [6.45, 7) is 1.45. The molecule has 114 valence electrons. The van der Waals surface area contributed by atoms with Gasteiger partial charge in [-0.3, -0.25) is 4.79 Å². The van der Waals surface area contributed by atoms with Gasteiger partial charge in [-0.05, 0) is 19.1 Å². The molecule has 0 spiro atoms. The van der Waals surface area contributed by atoms with E-state index in [1.807, 2.05) is 13.0 Å². The molecule has 0 atom stereocenters. The van der Waals surface area contributed by atoms with Crippen LogP contribution in [-0.2, 0) is 6.61 Å². The van der Waals surface area contributed by atoms with Gasteiger partial charge in [0, 0.05) is 11.8 Å². The van der Waals surface area contributed by atoms with Gasteiger partial charge in [0.15, 0.2) is 6.29 Å². The molecule has 0 bridgehead atoms. The molecule has 0 saturated heterocycles. The second-order valence-electron chi connectivity index (χ2n) is 4.57. The van der Waals surface area contributed by atoms with Crippen LogP contribution in [0.3, 0.4) is 0 Å². The first-order valence-electron chi connectivity index (χ1n) is 6.51. The molecule has 6 heteroatoms. The molecule has 1 N–H and O–H groups in total. The Kier molecular flexibility index (Phi) is 4.85. The molecule has 1 aromatic carbocycles. The lowest BCUT2D eigenvalue weighted by Crippen LogP contribution is -2.12. The van der Waals surface area contributed by atoms with E-state index < -0.39 is 12.6 Å². The number of carbonyl (C=O) groups excluding carboxylic acids is 2. The molecular formula is C16H15NO5. The van der Waals surface area contributed by atoms with E-state index in [0.717, 1.165) is 5.56 Å². The zero-order valence-electron chi connectivity index (χ0n) is 12.2. The summed E-state index contributed by atoms with van der Waals surface area (Å²) >= 11 is 0. The minimum Gasteiger partial charge on any atom is -0.478 e. The monoisotopic (exact) mass is 301 g/mol. The molecule has 0 amide bonds. The van der Waals surface area contributed by atoms with Crippen molar-refractivity contribution in [1.82, 2.24) is 4.98 Å². The number of aliphatic hydroxyl groups is 1. The van der Waals surface area contributed by atoms with Crippen LogP contribution in [0, 0.1) is 6.92 Å². The van der Waals surface area contributed by atoms with Crippen LogP contribution in [0.25, 0.3) is 0 Å². The molecule has 0 saturated carbocycles. The van der Waals surface area contributed by atoms with E-state index in [4.69, 9.17) is 9.47 Å².